The second-order valence-corrected chi connectivity index (χ2v) is 5.72. The third kappa shape index (κ3) is 5.10. The van der Waals surface area contributed by atoms with Gasteiger partial charge >= 0.3 is 6.03 Å². The van der Waals surface area contributed by atoms with Crippen LogP contribution in [0.25, 0.3) is 5.69 Å². The van der Waals surface area contributed by atoms with Crippen LogP contribution in [0.2, 0.25) is 0 Å². The van der Waals surface area contributed by atoms with Gasteiger partial charge in [-0.25, -0.2) is 9.48 Å². The maximum absolute atomic E-state index is 11.8. The molecule has 1 aromatic heterocycles. The first-order valence-electron chi connectivity index (χ1n) is 7.84. The van der Waals surface area contributed by atoms with Crippen molar-refractivity contribution in [3.05, 3.63) is 48.3 Å². The summed E-state index contributed by atoms with van der Waals surface area (Å²) in [7, 11) is 0. The van der Waals surface area contributed by atoms with Crippen molar-refractivity contribution in [1.82, 2.24) is 20.4 Å². The molecule has 1 aromatic carbocycles. The highest BCUT2D eigenvalue weighted by Gasteiger charge is 2.13. The Kier molecular flexibility index (Phi) is 6.17. The summed E-state index contributed by atoms with van der Waals surface area (Å²) in [6, 6.07) is 9.70. The zero-order valence-corrected chi connectivity index (χ0v) is 13.6. The van der Waals surface area contributed by atoms with Gasteiger partial charge in [-0.3, -0.25) is 0 Å². The number of rotatable bonds is 7. The third-order valence-electron chi connectivity index (χ3n) is 3.90. The van der Waals surface area contributed by atoms with Crippen molar-refractivity contribution in [3.8, 4) is 5.69 Å². The van der Waals surface area contributed by atoms with Crippen molar-refractivity contribution in [3.63, 3.8) is 0 Å². The molecule has 23 heavy (non-hydrogen) atoms. The highest BCUT2D eigenvalue weighted by Crippen LogP contribution is 2.08. The molecule has 6 nitrogen and oxygen atoms in total. The molecule has 2 unspecified atom stereocenters. The molecule has 0 aliphatic carbocycles. The highest BCUT2D eigenvalue weighted by atomic mass is 16.3. The molecule has 0 fully saturated rings. The lowest BCUT2D eigenvalue weighted by molar-refractivity contribution is 0.200. The molecule has 124 valence electrons. The summed E-state index contributed by atoms with van der Waals surface area (Å²) in [6.45, 7) is 4.40. The van der Waals surface area contributed by atoms with Crippen molar-refractivity contribution >= 4 is 6.03 Å². The van der Waals surface area contributed by atoms with Crippen LogP contribution in [0.1, 0.15) is 19.4 Å². The second kappa shape index (κ2) is 8.33. The number of carbonyl (C=O) groups excluding carboxylic acids is 1. The average Bonchev–Trinajstić information content (AvgIpc) is 3.09. The second-order valence-electron chi connectivity index (χ2n) is 5.72. The number of urea groups is 1. The monoisotopic (exact) mass is 316 g/mol. The summed E-state index contributed by atoms with van der Waals surface area (Å²) in [5.74, 6) is 0.0376. The molecule has 0 bridgehead atoms. The molecule has 0 spiro atoms. The normalized spacial score (nSPS) is 13.3. The number of aromatic nitrogens is 2. The van der Waals surface area contributed by atoms with Crippen LogP contribution in [0.4, 0.5) is 4.79 Å². The standard InChI is InChI=1S/C17H24N4O2/c1-13(12-22)14(2)20-17(23)18-10-8-15-4-6-16(7-5-15)21-11-3-9-19-21/h3-7,9,11,13-14,22H,8,10,12H2,1-2H3,(H2,18,20,23). The summed E-state index contributed by atoms with van der Waals surface area (Å²) >= 11 is 0. The maximum Gasteiger partial charge on any atom is 0.315 e. The van der Waals surface area contributed by atoms with Gasteiger partial charge in [0.15, 0.2) is 0 Å². The zero-order chi connectivity index (χ0) is 16.7. The van der Waals surface area contributed by atoms with Crippen LogP contribution < -0.4 is 10.6 Å². The summed E-state index contributed by atoms with van der Waals surface area (Å²) in [4.78, 5) is 11.8. The summed E-state index contributed by atoms with van der Waals surface area (Å²) in [6.07, 6.45) is 4.40. The number of hydrogen-bond acceptors (Lipinski definition) is 3. The van der Waals surface area contributed by atoms with Crippen LogP contribution in [-0.4, -0.2) is 40.1 Å². The van der Waals surface area contributed by atoms with Crippen LogP contribution in [0.5, 0.6) is 0 Å². The van der Waals surface area contributed by atoms with Crippen LogP contribution in [0, 0.1) is 5.92 Å². The molecular weight excluding hydrogens is 292 g/mol. The van der Waals surface area contributed by atoms with E-state index in [1.165, 1.54) is 0 Å². The Morgan fingerprint density at radius 2 is 2.04 bits per heavy atom. The molecule has 0 saturated heterocycles. The number of hydrogen-bond donors (Lipinski definition) is 3. The molecule has 0 aliphatic heterocycles. The van der Waals surface area contributed by atoms with E-state index in [4.69, 9.17) is 5.11 Å². The Morgan fingerprint density at radius 1 is 1.30 bits per heavy atom. The Morgan fingerprint density at radius 3 is 2.65 bits per heavy atom. The van der Waals surface area contributed by atoms with Crippen molar-refractivity contribution in [1.29, 1.82) is 0 Å². The predicted octanol–water partition coefficient (Wildman–Crippen LogP) is 1.73. The smallest absolute Gasteiger partial charge is 0.315 e. The Bertz CT molecular complexity index is 596. The maximum atomic E-state index is 11.8. The number of carbonyl (C=O) groups is 1. The molecule has 2 atom stereocenters. The van der Waals surface area contributed by atoms with E-state index in [-0.39, 0.29) is 24.6 Å². The van der Waals surface area contributed by atoms with Gasteiger partial charge in [0.1, 0.15) is 0 Å². The number of benzene rings is 1. The molecule has 2 rings (SSSR count). The van der Waals surface area contributed by atoms with Gasteiger partial charge in [-0.15, -0.1) is 0 Å². The summed E-state index contributed by atoms with van der Waals surface area (Å²) < 4.78 is 1.80. The first-order valence-corrected chi connectivity index (χ1v) is 7.84. The lowest BCUT2D eigenvalue weighted by atomic mass is 10.1. The van der Waals surface area contributed by atoms with Gasteiger partial charge in [0.2, 0.25) is 0 Å². The molecule has 3 N–H and O–H groups in total. The van der Waals surface area contributed by atoms with E-state index in [9.17, 15) is 4.79 Å². The number of nitrogens with one attached hydrogen (secondary N) is 2. The SMILES string of the molecule is CC(CO)C(C)NC(=O)NCCc1ccc(-n2cccn2)cc1. The summed E-state index contributed by atoms with van der Waals surface area (Å²) in [5, 5.41) is 18.9. The third-order valence-corrected chi connectivity index (χ3v) is 3.90. The number of aliphatic hydroxyl groups excluding tert-OH is 1. The molecule has 2 amide bonds. The Balaban J connectivity index is 1.75. The molecule has 1 heterocycles. The largest absolute Gasteiger partial charge is 0.396 e. The molecule has 0 saturated carbocycles. The highest BCUT2D eigenvalue weighted by molar-refractivity contribution is 5.74. The van der Waals surface area contributed by atoms with Gasteiger partial charge in [0.25, 0.3) is 0 Å². The molecule has 2 aromatic rings. The van der Waals surface area contributed by atoms with Gasteiger partial charge in [-0.2, -0.15) is 5.10 Å². The fraction of sp³-hybridized carbons (Fsp3) is 0.412. The number of nitrogens with zero attached hydrogens (tertiary/aromatic N) is 2. The van der Waals surface area contributed by atoms with Gasteiger partial charge in [-0.1, -0.05) is 19.1 Å². The van der Waals surface area contributed by atoms with Crippen molar-refractivity contribution in [2.24, 2.45) is 5.92 Å². The van der Waals surface area contributed by atoms with Crippen LogP contribution in [0.15, 0.2) is 42.7 Å². The molecular formula is C17H24N4O2. The van der Waals surface area contributed by atoms with Gasteiger partial charge in [-0.05, 0) is 43.0 Å². The lowest BCUT2D eigenvalue weighted by Gasteiger charge is -2.19. The number of aliphatic hydroxyl groups is 1. The van der Waals surface area contributed by atoms with E-state index in [0.717, 1.165) is 17.7 Å². The van der Waals surface area contributed by atoms with E-state index in [1.807, 2.05) is 50.4 Å². The quantitative estimate of drug-likeness (QED) is 0.728. The average molecular weight is 316 g/mol. The Labute approximate surface area is 136 Å². The molecule has 0 radical (unpaired) electrons. The topological polar surface area (TPSA) is 79.2 Å². The zero-order valence-electron chi connectivity index (χ0n) is 13.6. The van der Waals surface area contributed by atoms with E-state index >= 15 is 0 Å². The Hall–Kier alpha value is -2.34. The van der Waals surface area contributed by atoms with Crippen molar-refractivity contribution in [2.45, 2.75) is 26.3 Å². The van der Waals surface area contributed by atoms with Crippen LogP contribution in [-0.2, 0) is 6.42 Å². The van der Waals surface area contributed by atoms with E-state index in [1.54, 1.807) is 10.9 Å². The minimum Gasteiger partial charge on any atom is -0.396 e. The van der Waals surface area contributed by atoms with E-state index in [0.29, 0.717) is 6.54 Å². The van der Waals surface area contributed by atoms with Crippen LogP contribution in [0.3, 0.4) is 0 Å². The van der Waals surface area contributed by atoms with Crippen molar-refractivity contribution < 1.29 is 9.90 Å². The first-order chi connectivity index (χ1) is 11.1. The van der Waals surface area contributed by atoms with Crippen molar-refractivity contribution in [2.75, 3.05) is 13.2 Å². The van der Waals surface area contributed by atoms with Gasteiger partial charge in [0, 0.05) is 31.6 Å². The fourth-order valence-electron chi connectivity index (χ4n) is 2.12. The van der Waals surface area contributed by atoms with Crippen LogP contribution >= 0.6 is 0 Å². The van der Waals surface area contributed by atoms with E-state index in [2.05, 4.69) is 15.7 Å². The predicted molar refractivity (Wildman–Crippen MR) is 89.5 cm³/mol. The van der Waals surface area contributed by atoms with Gasteiger partial charge < -0.3 is 15.7 Å². The minimum absolute atomic E-state index is 0.0376. The van der Waals surface area contributed by atoms with Gasteiger partial charge in [0.05, 0.1) is 5.69 Å². The number of amides is 2. The molecule has 0 aliphatic rings. The van der Waals surface area contributed by atoms with E-state index < -0.39 is 0 Å². The first kappa shape index (κ1) is 17.0. The summed E-state index contributed by atoms with van der Waals surface area (Å²) in [5.41, 5.74) is 2.16. The fourth-order valence-corrected chi connectivity index (χ4v) is 2.12. The lowest BCUT2D eigenvalue weighted by Crippen LogP contribution is -2.44. The minimum atomic E-state index is -0.203. The molecule has 6 heteroatoms.